The number of carbonyl (C=O) groups excluding carboxylic acids is 1. The molecule has 0 atom stereocenters. The normalized spacial score (nSPS) is 14.2. The Balaban J connectivity index is 1.64. The number of aryl methyl sites for hydroxylation is 1. The van der Waals surface area contributed by atoms with Crippen molar-refractivity contribution in [3.8, 4) is 0 Å². The molecule has 3 aromatic rings. The third kappa shape index (κ3) is 3.35. The lowest BCUT2D eigenvalue weighted by molar-refractivity contribution is 0.0767. The molecule has 0 saturated carbocycles. The Morgan fingerprint density at radius 2 is 1.90 bits per heavy atom. The highest BCUT2D eigenvalue weighted by molar-refractivity contribution is 5.95. The van der Waals surface area contributed by atoms with E-state index in [-0.39, 0.29) is 41.8 Å². The van der Waals surface area contributed by atoms with Crippen molar-refractivity contribution in [1.82, 2.24) is 19.9 Å². The largest absolute Gasteiger partial charge is 0.333 e. The average Bonchev–Trinajstić information content (AvgIpc) is 2.67. The number of pyridine rings is 1. The van der Waals surface area contributed by atoms with Crippen LogP contribution in [0.2, 0.25) is 0 Å². The predicted molar refractivity (Wildman–Crippen MR) is 103 cm³/mol. The van der Waals surface area contributed by atoms with E-state index in [1.165, 1.54) is 29.2 Å². The van der Waals surface area contributed by atoms with Crippen molar-refractivity contribution in [2.24, 2.45) is 0 Å². The predicted octanol–water partition coefficient (Wildman–Crippen LogP) is 2.13. The van der Waals surface area contributed by atoms with Crippen LogP contribution in [0.25, 0.3) is 16.6 Å². The van der Waals surface area contributed by atoms with E-state index in [4.69, 9.17) is 0 Å². The topological polar surface area (TPSA) is 98.9 Å². The summed E-state index contributed by atoms with van der Waals surface area (Å²) in [6.45, 7) is 2.05. The second-order valence-electron chi connectivity index (χ2n) is 6.78. The first-order valence-electron chi connectivity index (χ1n) is 8.92. The van der Waals surface area contributed by atoms with Gasteiger partial charge in [-0.2, -0.15) is 0 Å². The van der Waals surface area contributed by atoms with Crippen LogP contribution in [0.3, 0.4) is 0 Å². The van der Waals surface area contributed by atoms with E-state index < -0.39 is 28.8 Å². The number of rotatable bonds is 2. The Bertz CT molecular complexity index is 1270. The van der Waals surface area contributed by atoms with E-state index >= 15 is 0 Å². The lowest BCUT2D eigenvalue weighted by Gasteiger charge is -2.26. The number of amides is 1. The second kappa shape index (κ2) is 7.08. The van der Waals surface area contributed by atoms with Crippen LogP contribution in [0, 0.1) is 18.6 Å². The smallest absolute Gasteiger partial charge is 0.327 e. The summed E-state index contributed by atoms with van der Waals surface area (Å²) in [7, 11) is 0. The highest BCUT2D eigenvalue weighted by Crippen LogP contribution is 2.27. The molecule has 9 heteroatoms. The SMILES string of the molecule is Cc1cc(C(=O)N2CC=C(c3c(F)cccc3F)CC2)nc2[nH]c(=O)[nH]c(=O)c12. The van der Waals surface area contributed by atoms with Gasteiger partial charge in [0.2, 0.25) is 0 Å². The highest BCUT2D eigenvalue weighted by Gasteiger charge is 2.24. The number of nitrogens with zero attached hydrogens (tertiary/aromatic N) is 2. The van der Waals surface area contributed by atoms with Crippen LogP contribution in [0.15, 0.2) is 39.9 Å². The third-order valence-electron chi connectivity index (χ3n) is 4.90. The lowest BCUT2D eigenvalue weighted by Crippen LogP contribution is -2.35. The van der Waals surface area contributed by atoms with Gasteiger partial charge in [0.1, 0.15) is 23.0 Å². The minimum absolute atomic E-state index is 0.0313. The summed E-state index contributed by atoms with van der Waals surface area (Å²) in [5.41, 5.74) is -0.257. The number of hydrogen-bond acceptors (Lipinski definition) is 4. The van der Waals surface area contributed by atoms with Gasteiger partial charge >= 0.3 is 5.69 Å². The van der Waals surface area contributed by atoms with Crippen LogP contribution in [0.1, 0.15) is 28.0 Å². The van der Waals surface area contributed by atoms with E-state index in [2.05, 4.69) is 15.0 Å². The molecule has 29 heavy (non-hydrogen) atoms. The average molecular weight is 398 g/mol. The maximum Gasteiger partial charge on any atom is 0.327 e. The standard InChI is InChI=1S/C20H16F2N4O3/c1-10-9-14(23-17-15(10)18(27)25-20(29)24-17)19(28)26-7-5-11(6-8-26)16-12(21)3-2-4-13(16)22/h2-5,9H,6-8H2,1H3,(H2,23,24,25,27,29). The molecule has 0 radical (unpaired) electrons. The number of halogens is 2. The number of carbonyl (C=O) groups is 1. The van der Waals surface area contributed by atoms with Crippen molar-refractivity contribution in [2.45, 2.75) is 13.3 Å². The van der Waals surface area contributed by atoms with Crippen LogP contribution >= 0.6 is 0 Å². The molecule has 1 aromatic carbocycles. The Morgan fingerprint density at radius 3 is 2.55 bits per heavy atom. The summed E-state index contributed by atoms with van der Waals surface area (Å²) >= 11 is 0. The summed E-state index contributed by atoms with van der Waals surface area (Å²) in [6, 6.07) is 5.17. The number of fused-ring (bicyclic) bond motifs is 1. The van der Waals surface area contributed by atoms with Gasteiger partial charge in [0.15, 0.2) is 0 Å². The Kier molecular flexibility index (Phi) is 4.57. The third-order valence-corrected chi connectivity index (χ3v) is 4.90. The quantitative estimate of drug-likeness (QED) is 0.691. The number of benzene rings is 1. The van der Waals surface area contributed by atoms with E-state index in [1.807, 2.05) is 0 Å². The molecule has 0 aliphatic carbocycles. The van der Waals surface area contributed by atoms with Crippen molar-refractivity contribution in [3.63, 3.8) is 0 Å². The van der Waals surface area contributed by atoms with Gasteiger partial charge in [-0.25, -0.2) is 18.6 Å². The van der Waals surface area contributed by atoms with Gasteiger partial charge in [0, 0.05) is 18.7 Å². The van der Waals surface area contributed by atoms with E-state index in [9.17, 15) is 23.2 Å². The monoisotopic (exact) mass is 398 g/mol. The molecule has 7 nitrogen and oxygen atoms in total. The molecule has 0 saturated heterocycles. The summed E-state index contributed by atoms with van der Waals surface area (Å²) < 4.78 is 28.0. The van der Waals surface area contributed by atoms with Crippen molar-refractivity contribution < 1.29 is 13.6 Å². The number of aromatic nitrogens is 3. The Hall–Kier alpha value is -3.62. The van der Waals surface area contributed by atoms with Crippen LogP contribution in [-0.2, 0) is 0 Å². The first kappa shape index (κ1) is 18.7. The maximum atomic E-state index is 14.0. The van der Waals surface area contributed by atoms with Gasteiger partial charge in [0.25, 0.3) is 11.5 Å². The molecular formula is C20H16F2N4O3. The molecule has 4 rings (SSSR count). The highest BCUT2D eigenvalue weighted by atomic mass is 19.1. The van der Waals surface area contributed by atoms with Gasteiger partial charge in [0.05, 0.1) is 5.39 Å². The van der Waals surface area contributed by atoms with Gasteiger partial charge in [-0.05, 0) is 42.7 Å². The van der Waals surface area contributed by atoms with Gasteiger partial charge in [-0.3, -0.25) is 19.6 Å². The molecule has 1 amide bonds. The number of H-pyrrole nitrogens is 2. The molecule has 0 spiro atoms. The fourth-order valence-corrected chi connectivity index (χ4v) is 3.51. The van der Waals surface area contributed by atoms with Crippen molar-refractivity contribution in [2.75, 3.05) is 13.1 Å². The summed E-state index contributed by atoms with van der Waals surface area (Å²) in [5, 5.41) is 0.206. The Morgan fingerprint density at radius 1 is 1.17 bits per heavy atom. The fourth-order valence-electron chi connectivity index (χ4n) is 3.51. The number of aromatic amines is 2. The molecule has 2 N–H and O–H groups in total. The zero-order valence-electron chi connectivity index (χ0n) is 15.4. The first-order chi connectivity index (χ1) is 13.8. The van der Waals surface area contributed by atoms with Crippen LogP contribution < -0.4 is 11.2 Å². The molecular weight excluding hydrogens is 382 g/mol. The number of hydrogen-bond donors (Lipinski definition) is 2. The van der Waals surface area contributed by atoms with Crippen molar-refractivity contribution in [1.29, 1.82) is 0 Å². The molecule has 0 unspecified atom stereocenters. The van der Waals surface area contributed by atoms with Crippen molar-refractivity contribution >= 4 is 22.5 Å². The van der Waals surface area contributed by atoms with Crippen LogP contribution in [0.4, 0.5) is 8.78 Å². The Labute approximate surface area is 162 Å². The summed E-state index contributed by atoms with van der Waals surface area (Å²) in [5.74, 6) is -1.69. The molecule has 1 aliphatic heterocycles. The second-order valence-corrected chi connectivity index (χ2v) is 6.78. The minimum atomic E-state index is -0.712. The van der Waals surface area contributed by atoms with E-state index in [1.54, 1.807) is 13.0 Å². The molecule has 1 aliphatic rings. The molecule has 3 heterocycles. The lowest BCUT2D eigenvalue weighted by atomic mass is 9.98. The van der Waals surface area contributed by atoms with Gasteiger partial charge < -0.3 is 4.90 Å². The van der Waals surface area contributed by atoms with Crippen LogP contribution in [-0.4, -0.2) is 38.8 Å². The molecule has 148 valence electrons. The fraction of sp³-hybridized carbons (Fsp3) is 0.200. The maximum absolute atomic E-state index is 14.0. The van der Waals surface area contributed by atoms with E-state index in [0.29, 0.717) is 11.1 Å². The van der Waals surface area contributed by atoms with Gasteiger partial charge in [-0.1, -0.05) is 12.1 Å². The summed E-state index contributed by atoms with van der Waals surface area (Å²) in [6.07, 6.45) is 1.90. The van der Waals surface area contributed by atoms with Gasteiger partial charge in [-0.15, -0.1) is 0 Å². The molecule has 2 aromatic heterocycles. The van der Waals surface area contributed by atoms with E-state index in [0.717, 1.165) is 0 Å². The zero-order valence-corrected chi connectivity index (χ0v) is 15.4. The number of nitrogens with one attached hydrogen (secondary N) is 2. The van der Waals surface area contributed by atoms with Crippen molar-refractivity contribution in [3.05, 3.63) is 79.6 Å². The summed E-state index contributed by atoms with van der Waals surface area (Å²) in [4.78, 5) is 46.5. The first-order valence-corrected chi connectivity index (χ1v) is 8.92. The minimum Gasteiger partial charge on any atom is -0.333 e. The zero-order chi connectivity index (χ0) is 20.7. The van der Waals surface area contributed by atoms with Crippen LogP contribution in [0.5, 0.6) is 0 Å². The molecule has 0 bridgehead atoms. The molecule has 0 fully saturated rings.